The molecule has 0 unspecified atom stereocenters. The van der Waals surface area contributed by atoms with Crippen LogP contribution in [0.2, 0.25) is 0 Å². The minimum atomic E-state index is -1.03. The summed E-state index contributed by atoms with van der Waals surface area (Å²) in [6.07, 6.45) is 4.87. The minimum Gasteiger partial charge on any atom is -0.476 e. The van der Waals surface area contributed by atoms with Crippen molar-refractivity contribution >= 4 is 11.5 Å². The third-order valence-corrected chi connectivity index (χ3v) is 2.32. The molecule has 0 amide bonds. The molecule has 0 fully saturated rings. The molecule has 16 heavy (non-hydrogen) atoms. The maximum absolute atomic E-state index is 11.1. The van der Waals surface area contributed by atoms with Crippen molar-refractivity contribution in [3.05, 3.63) is 30.1 Å². The van der Waals surface area contributed by atoms with Crippen LogP contribution in [0.5, 0.6) is 0 Å². The molecule has 0 aliphatic heterocycles. The van der Waals surface area contributed by atoms with Gasteiger partial charge in [-0.2, -0.15) is 0 Å². The molecule has 2 heterocycles. The van der Waals surface area contributed by atoms with Gasteiger partial charge in [0.15, 0.2) is 5.69 Å². The molecule has 0 saturated carbocycles. The Balaban J connectivity index is 2.82. The van der Waals surface area contributed by atoms with Crippen molar-refractivity contribution in [1.29, 1.82) is 0 Å². The molecule has 0 bridgehead atoms. The van der Waals surface area contributed by atoms with E-state index >= 15 is 0 Å². The second-order valence-electron chi connectivity index (χ2n) is 4.67. The van der Waals surface area contributed by atoms with E-state index in [1.165, 1.54) is 6.20 Å². The van der Waals surface area contributed by atoms with E-state index < -0.39 is 5.97 Å². The molecule has 2 aromatic rings. The lowest BCUT2D eigenvalue weighted by Gasteiger charge is -2.16. The Hall–Kier alpha value is -1.91. The van der Waals surface area contributed by atoms with Crippen LogP contribution in [0, 0.1) is 0 Å². The summed E-state index contributed by atoms with van der Waals surface area (Å²) in [5, 5.41) is 9.06. The number of carboxylic acids is 1. The first-order chi connectivity index (χ1) is 7.41. The van der Waals surface area contributed by atoms with Crippen molar-refractivity contribution < 1.29 is 9.90 Å². The number of carbonyl (C=O) groups is 1. The summed E-state index contributed by atoms with van der Waals surface area (Å²) in [4.78, 5) is 19.2. The highest BCUT2D eigenvalue weighted by Crippen LogP contribution is 2.23. The van der Waals surface area contributed by atoms with Crippen molar-refractivity contribution in [3.8, 4) is 0 Å². The normalized spacial score (nSPS) is 11.9. The molecule has 5 nitrogen and oxygen atoms in total. The first kappa shape index (κ1) is 10.6. The van der Waals surface area contributed by atoms with Crippen molar-refractivity contribution in [2.75, 3.05) is 0 Å². The summed E-state index contributed by atoms with van der Waals surface area (Å²) in [5.41, 5.74) is 0.371. The highest BCUT2D eigenvalue weighted by Gasteiger charge is 2.24. The maximum Gasteiger partial charge on any atom is 0.356 e. The van der Waals surface area contributed by atoms with Gasteiger partial charge in [-0.25, -0.2) is 9.78 Å². The summed E-state index contributed by atoms with van der Waals surface area (Å²) in [5.74, 6) is -0.302. The number of carboxylic acid groups (broad SMARTS) is 1. The van der Waals surface area contributed by atoms with Crippen LogP contribution < -0.4 is 0 Å². The lowest BCUT2D eigenvalue weighted by atomic mass is 9.96. The van der Waals surface area contributed by atoms with E-state index in [1.807, 2.05) is 20.8 Å². The van der Waals surface area contributed by atoms with Gasteiger partial charge in [0.25, 0.3) is 0 Å². The van der Waals surface area contributed by atoms with Crippen LogP contribution in [-0.4, -0.2) is 25.4 Å². The number of rotatable bonds is 1. The standard InChI is InChI=1S/C11H13N3O2/c1-11(2,3)10-13-8(9(15)16)7-6-12-4-5-14(7)10/h4-6H,1-3H3,(H,15,16). The Kier molecular flexibility index (Phi) is 2.18. The van der Waals surface area contributed by atoms with Gasteiger partial charge in [0.05, 0.1) is 11.7 Å². The average Bonchev–Trinajstić information content (AvgIpc) is 2.56. The van der Waals surface area contributed by atoms with Crippen LogP contribution >= 0.6 is 0 Å². The quantitative estimate of drug-likeness (QED) is 0.793. The summed E-state index contributed by atoms with van der Waals surface area (Å²) in [6.45, 7) is 5.98. The number of aromatic nitrogens is 3. The number of fused-ring (bicyclic) bond motifs is 1. The maximum atomic E-state index is 11.1. The monoisotopic (exact) mass is 219 g/mol. The molecule has 0 aliphatic rings. The molecule has 1 N–H and O–H groups in total. The third-order valence-electron chi connectivity index (χ3n) is 2.32. The predicted molar refractivity (Wildman–Crippen MR) is 58.6 cm³/mol. The molecule has 2 aromatic heterocycles. The highest BCUT2D eigenvalue weighted by molar-refractivity contribution is 5.93. The molecule has 0 aromatic carbocycles. The van der Waals surface area contributed by atoms with Gasteiger partial charge in [0.1, 0.15) is 5.82 Å². The molecule has 0 saturated heterocycles. The van der Waals surface area contributed by atoms with Crippen molar-refractivity contribution in [2.24, 2.45) is 0 Å². The van der Waals surface area contributed by atoms with Crippen LogP contribution in [0.4, 0.5) is 0 Å². The zero-order chi connectivity index (χ0) is 11.9. The van der Waals surface area contributed by atoms with Gasteiger partial charge in [-0.1, -0.05) is 20.8 Å². The van der Waals surface area contributed by atoms with Crippen molar-refractivity contribution in [1.82, 2.24) is 14.4 Å². The molecule has 0 aliphatic carbocycles. The fraction of sp³-hybridized carbons (Fsp3) is 0.364. The Labute approximate surface area is 92.8 Å². The van der Waals surface area contributed by atoms with E-state index in [2.05, 4.69) is 9.97 Å². The smallest absolute Gasteiger partial charge is 0.356 e. The first-order valence-corrected chi connectivity index (χ1v) is 4.97. The summed E-state index contributed by atoms with van der Waals surface area (Å²) in [7, 11) is 0. The van der Waals surface area contributed by atoms with Gasteiger partial charge >= 0.3 is 5.97 Å². The van der Waals surface area contributed by atoms with E-state index in [-0.39, 0.29) is 11.1 Å². The summed E-state index contributed by atoms with van der Waals surface area (Å²) >= 11 is 0. The van der Waals surface area contributed by atoms with E-state index in [0.29, 0.717) is 5.52 Å². The average molecular weight is 219 g/mol. The Bertz CT molecular complexity index is 552. The second kappa shape index (κ2) is 3.30. The van der Waals surface area contributed by atoms with Crippen molar-refractivity contribution in [3.63, 3.8) is 0 Å². The van der Waals surface area contributed by atoms with Gasteiger partial charge in [-0.05, 0) is 0 Å². The Morgan fingerprint density at radius 2 is 2.12 bits per heavy atom. The fourth-order valence-electron chi connectivity index (χ4n) is 1.62. The molecule has 0 spiro atoms. The van der Waals surface area contributed by atoms with E-state index in [1.54, 1.807) is 16.8 Å². The zero-order valence-corrected chi connectivity index (χ0v) is 9.43. The SMILES string of the molecule is CC(C)(C)c1nc(C(=O)O)c2cnccn12. The van der Waals surface area contributed by atoms with Gasteiger partial charge < -0.3 is 5.11 Å². The van der Waals surface area contributed by atoms with Crippen LogP contribution in [0.15, 0.2) is 18.6 Å². The predicted octanol–water partition coefficient (Wildman–Crippen LogP) is 1.72. The molecule has 5 heteroatoms. The second-order valence-corrected chi connectivity index (χ2v) is 4.67. The van der Waals surface area contributed by atoms with Crippen molar-refractivity contribution in [2.45, 2.75) is 26.2 Å². The Morgan fingerprint density at radius 1 is 1.44 bits per heavy atom. The van der Waals surface area contributed by atoms with Crippen LogP contribution in [0.1, 0.15) is 37.1 Å². The van der Waals surface area contributed by atoms with Gasteiger partial charge in [-0.3, -0.25) is 9.38 Å². The van der Waals surface area contributed by atoms with Gasteiger partial charge in [0.2, 0.25) is 0 Å². The number of nitrogens with zero attached hydrogens (tertiary/aromatic N) is 3. The van der Waals surface area contributed by atoms with Gasteiger partial charge in [0, 0.05) is 17.8 Å². The minimum absolute atomic E-state index is 0.0537. The van der Waals surface area contributed by atoms with E-state index in [9.17, 15) is 4.79 Å². The first-order valence-electron chi connectivity index (χ1n) is 4.97. The van der Waals surface area contributed by atoms with E-state index in [0.717, 1.165) is 5.82 Å². The zero-order valence-electron chi connectivity index (χ0n) is 9.43. The Morgan fingerprint density at radius 3 is 2.69 bits per heavy atom. The van der Waals surface area contributed by atoms with Crippen LogP contribution in [0.25, 0.3) is 5.52 Å². The number of hydrogen-bond donors (Lipinski definition) is 1. The molecule has 84 valence electrons. The van der Waals surface area contributed by atoms with E-state index in [4.69, 9.17) is 5.11 Å². The number of aromatic carboxylic acids is 1. The van der Waals surface area contributed by atoms with Crippen LogP contribution in [-0.2, 0) is 5.41 Å². The summed E-state index contributed by atoms with van der Waals surface area (Å²) in [6, 6.07) is 0. The summed E-state index contributed by atoms with van der Waals surface area (Å²) < 4.78 is 1.77. The number of imidazole rings is 1. The molecule has 0 atom stereocenters. The fourth-order valence-corrected chi connectivity index (χ4v) is 1.62. The highest BCUT2D eigenvalue weighted by atomic mass is 16.4. The molecule has 2 rings (SSSR count). The number of hydrogen-bond acceptors (Lipinski definition) is 3. The largest absolute Gasteiger partial charge is 0.476 e. The van der Waals surface area contributed by atoms with Gasteiger partial charge in [-0.15, -0.1) is 0 Å². The lowest BCUT2D eigenvalue weighted by Crippen LogP contribution is -2.16. The third kappa shape index (κ3) is 1.54. The molecular formula is C11H13N3O2. The topological polar surface area (TPSA) is 67.5 Å². The molecule has 0 radical (unpaired) electrons. The van der Waals surface area contributed by atoms with Crippen LogP contribution in [0.3, 0.4) is 0 Å². The molecular weight excluding hydrogens is 206 g/mol. The lowest BCUT2D eigenvalue weighted by molar-refractivity contribution is 0.0693.